The number of rotatable bonds is 4. The summed E-state index contributed by atoms with van der Waals surface area (Å²) in [5.41, 5.74) is 5.72. The Morgan fingerprint density at radius 1 is 0.840 bits per heavy atom. The number of hydrogen-bond acceptors (Lipinski definition) is 0. The van der Waals surface area contributed by atoms with Crippen LogP contribution in [0.1, 0.15) is 47.4 Å². The van der Waals surface area contributed by atoms with Crippen LogP contribution in [0.4, 0.5) is 0 Å². The predicted octanol–water partition coefficient (Wildman–Crippen LogP) is -0.156. The molecule has 2 aromatic carbocycles. The van der Waals surface area contributed by atoms with Gasteiger partial charge in [0.25, 0.3) is 0 Å². The van der Waals surface area contributed by atoms with Crippen molar-refractivity contribution in [2.45, 2.75) is 25.2 Å². The molecule has 127 valence electrons. The third kappa shape index (κ3) is 4.76. The summed E-state index contributed by atoms with van der Waals surface area (Å²) in [6, 6.07) is 17.5. The van der Waals surface area contributed by atoms with Crippen LogP contribution in [0.3, 0.4) is 0 Å². The standard InChI is InChI=1S/C22H21.2ClH.Zr/c1-16(14-19-12-10-17-6-2-4-8-21(17)19)15-20-13-11-18-7-3-5-9-22(18)20;;;/h2-14,16,19-20H,15H2,1H3;2*1H;/q-1;;;+3/p-2. The SMILES string of the molecule is CC([CH-]C1C=Cc2ccccc21)CC1C=Cc2ccccc21.[Cl-].[Cl-].[Zr+3]. The maximum absolute atomic E-state index is 2.51. The molecule has 0 nitrogen and oxygen atoms in total. The van der Waals surface area contributed by atoms with E-state index in [4.69, 9.17) is 0 Å². The van der Waals surface area contributed by atoms with E-state index in [1.54, 1.807) is 0 Å². The molecule has 0 saturated carbocycles. The number of hydrogen-bond donors (Lipinski definition) is 0. The summed E-state index contributed by atoms with van der Waals surface area (Å²) in [5.74, 6) is 1.65. The van der Waals surface area contributed by atoms with Crippen LogP contribution in [0.15, 0.2) is 60.7 Å². The average Bonchev–Trinajstić information content (AvgIpc) is 3.13. The van der Waals surface area contributed by atoms with Gasteiger partial charge in [-0.2, -0.15) is 5.92 Å². The third-order valence-electron chi connectivity index (χ3n) is 4.90. The third-order valence-corrected chi connectivity index (χ3v) is 4.90. The van der Waals surface area contributed by atoms with Crippen molar-refractivity contribution in [2.24, 2.45) is 5.92 Å². The summed E-state index contributed by atoms with van der Waals surface area (Å²) >= 11 is 0. The van der Waals surface area contributed by atoms with Crippen molar-refractivity contribution in [3.63, 3.8) is 0 Å². The zero-order valence-corrected chi connectivity index (χ0v) is 18.2. The van der Waals surface area contributed by atoms with Crippen LogP contribution in [0, 0.1) is 12.3 Å². The minimum atomic E-state index is 0. The molecule has 0 saturated heterocycles. The Morgan fingerprint density at radius 3 is 2.12 bits per heavy atom. The van der Waals surface area contributed by atoms with Crippen molar-refractivity contribution in [3.8, 4) is 0 Å². The molecule has 3 atom stereocenters. The summed E-state index contributed by atoms with van der Waals surface area (Å²) in [7, 11) is 0. The van der Waals surface area contributed by atoms with Crippen molar-refractivity contribution < 1.29 is 51.0 Å². The number of fused-ring (bicyclic) bond motifs is 2. The normalized spacial score (nSPS) is 19.9. The number of halogens is 2. The van der Waals surface area contributed by atoms with Crippen LogP contribution >= 0.6 is 0 Å². The smallest absolute Gasteiger partial charge is 1.00 e. The molecule has 0 aromatic heterocycles. The van der Waals surface area contributed by atoms with E-state index in [-0.39, 0.29) is 51.0 Å². The van der Waals surface area contributed by atoms with Gasteiger partial charge in [0.2, 0.25) is 0 Å². The molecule has 0 N–H and O–H groups in total. The van der Waals surface area contributed by atoms with Gasteiger partial charge in [0.1, 0.15) is 0 Å². The molecule has 2 aromatic rings. The second-order valence-electron chi connectivity index (χ2n) is 6.51. The van der Waals surface area contributed by atoms with E-state index in [9.17, 15) is 0 Å². The summed E-state index contributed by atoms with van der Waals surface area (Å²) in [6.07, 6.45) is 12.9. The van der Waals surface area contributed by atoms with Gasteiger partial charge in [-0.15, -0.1) is 12.0 Å². The summed E-state index contributed by atoms with van der Waals surface area (Å²) in [6.45, 7) is 2.35. The molecular formula is C22H21Cl2Zr. The summed E-state index contributed by atoms with van der Waals surface area (Å²) < 4.78 is 0. The Labute approximate surface area is 182 Å². The maximum Gasteiger partial charge on any atom is 3.00 e. The molecule has 4 rings (SSSR count). The van der Waals surface area contributed by atoms with Gasteiger partial charge >= 0.3 is 26.2 Å². The predicted molar refractivity (Wildman–Crippen MR) is 94.5 cm³/mol. The largest absolute Gasteiger partial charge is 3.00 e. The maximum atomic E-state index is 2.51. The van der Waals surface area contributed by atoms with Gasteiger partial charge in [0, 0.05) is 5.92 Å². The van der Waals surface area contributed by atoms with E-state index in [1.165, 1.54) is 28.7 Å². The van der Waals surface area contributed by atoms with Crippen LogP contribution in [0.25, 0.3) is 12.2 Å². The molecule has 0 fully saturated rings. The molecule has 0 amide bonds. The molecular weight excluding hydrogens is 426 g/mol. The topological polar surface area (TPSA) is 0 Å². The molecule has 0 bridgehead atoms. The Kier molecular flexibility index (Phi) is 8.89. The van der Waals surface area contributed by atoms with Crippen molar-refractivity contribution in [1.82, 2.24) is 0 Å². The monoisotopic (exact) mass is 445 g/mol. The second kappa shape index (κ2) is 9.91. The molecule has 0 spiro atoms. The first-order chi connectivity index (χ1) is 10.8. The Morgan fingerprint density at radius 2 is 1.40 bits per heavy atom. The number of benzene rings is 2. The van der Waals surface area contributed by atoms with Crippen molar-refractivity contribution >= 4 is 12.2 Å². The fraction of sp³-hybridized carbons (Fsp3) is 0.227. The number of allylic oxidation sites excluding steroid dienone is 2. The van der Waals surface area contributed by atoms with Gasteiger partial charge in [-0.1, -0.05) is 85.7 Å². The fourth-order valence-corrected chi connectivity index (χ4v) is 3.81. The zero-order valence-electron chi connectivity index (χ0n) is 14.2. The Bertz CT molecular complexity index is 688. The van der Waals surface area contributed by atoms with E-state index < -0.39 is 0 Å². The van der Waals surface area contributed by atoms with Crippen LogP contribution in [0.2, 0.25) is 0 Å². The van der Waals surface area contributed by atoms with E-state index in [2.05, 4.69) is 86.2 Å². The molecule has 0 aliphatic heterocycles. The second-order valence-corrected chi connectivity index (χ2v) is 6.51. The van der Waals surface area contributed by atoms with Crippen LogP contribution in [0.5, 0.6) is 0 Å². The summed E-state index contributed by atoms with van der Waals surface area (Å²) in [4.78, 5) is 0. The minimum absolute atomic E-state index is 0. The first-order valence-electron chi connectivity index (χ1n) is 8.20. The summed E-state index contributed by atoms with van der Waals surface area (Å²) in [5, 5.41) is 0. The van der Waals surface area contributed by atoms with Gasteiger partial charge in [-0.05, 0) is 16.7 Å². The average molecular weight is 448 g/mol. The molecule has 3 heteroatoms. The van der Waals surface area contributed by atoms with Crippen LogP contribution < -0.4 is 24.8 Å². The van der Waals surface area contributed by atoms with Crippen LogP contribution in [-0.2, 0) is 26.2 Å². The van der Waals surface area contributed by atoms with Crippen LogP contribution in [-0.4, -0.2) is 0 Å². The minimum Gasteiger partial charge on any atom is -1.00 e. The fourth-order valence-electron chi connectivity index (χ4n) is 3.81. The molecule has 2 aliphatic rings. The van der Waals surface area contributed by atoms with Gasteiger partial charge in [-0.25, -0.2) is 0 Å². The van der Waals surface area contributed by atoms with Crippen molar-refractivity contribution in [3.05, 3.63) is 89.4 Å². The van der Waals surface area contributed by atoms with Crippen molar-refractivity contribution in [2.75, 3.05) is 0 Å². The quantitative estimate of drug-likeness (QED) is 0.572. The van der Waals surface area contributed by atoms with E-state index in [1.807, 2.05) is 0 Å². The van der Waals surface area contributed by atoms with Gasteiger partial charge in [0.05, 0.1) is 0 Å². The van der Waals surface area contributed by atoms with E-state index in [0.29, 0.717) is 17.8 Å². The van der Waals surface area contributed by atoms with E-state index in [0.717, 1.165) is 0 Å². The van der Waals surface area contributed by atoms with Crippen molar-refractivity contribution in [1.29, 1.82) is 0 Å². The van der Waals surface area contributed by atoms with Gasteiger partial charge < -0.3 is 31.2 Å². The van der Waals surface area contributed by atoms with E-state index >= 15 is 0 Å². The zero-order chi connectivity index (χ0) is 14.9. The molecule has 2 aliphatic carbocycles. The first kappa shape index (κ1) is 22.4. The molecule has 3 unspecified atom stereocenters. The Hall–Kier alpha value is -0.617. The molecule has 25 heavy (non-hydrogen) atoms. The Balaban J connectivity index is 0.00000104. The first-order valence-corrected chi connectivity index (χ1v) is 8.20. The van der Waals surface area contributed by atoms with Gasteiger partial charge in [-0.3, -0.25) is 0 Å². The molecule has 0 heterocycles. The molecule has 1 radical (unpaired) electrons. The van der Waals surface area contributed by atoms with Gasteiger partial charge in [0.15, 0.2) is 0 Å².